The molecule has 28 heavy (non-hydrogen) atoms. The highest BCUT2D eigenvalue weighted by molar-refractivity contribution is 8.00. The average molecular weight is 412 g/mol. The Morgan fingerprint density at radius 1 is 1.04 bits per heavy atom. The van der Waals surface area contributed by atoms with Gasteiger partial charge in [-0.1, -0.05) is 68.6 Å². The minimum Gasteiger partial charge on any atom is -0.336 e. The van der Waals surface area contributed by atoms with E-state index in [9.17, 15) is 4.79 Å². The molecule has 2 heterocycles. The first kappa shape index (κ1) is 18.9. The number of para-hydroxylation sites is 2. The van der Waals surface area contributed by atoms with Gasteiger partial charge in [-0.25, -0.2) is 4.68 Å². The summed E-state index contributed by atoms with van der Waals surface area (Å²) in [5, 5.41) is 8.89. The third kappa shape index (κ3) is 3.38. The van der Waals surface area contributed by atoms with Crippen LogP contribution in [0, 0.1) is 0 Å². The van der Waals surface area contributed by atoms with Gasteiger partial charge in [0.15, 0.2) is 5.82 Å². The van der Waals surface area contributed by atoms with Gasteiger partial charge in [0.2, 0.25) is 11.1 Å². The summed E-state index contributed by atoms with van der Waals surface area (Å²) in [6, 6.07) is 15.9. The van der Waals surface area contributed by atoms with Crippen molar-refractivity contribution in [1.29, 1.82) is 0 Å². The Morgan fingerprint density at radius 2 is 1.61 bits per heavy atom. The second kappa shape index (κ2) is 7.18. The van der Waals surface area contributed by atoms with Gasteiger partial charge in [0.05, 0.1) is 17.1 Å². The Hall–Kier alpha value is -2.45. The van der Waals surface area contributed by atoms with Crippen molar-refractivity contribution in [2.24, 2.45) is 0 Å². The molecule has 0 unspecified atom stereocenters. The molecule has 144 valence electrons. The fraction of sp³-hybridized carbons (Fsp3) is 0.250. The number of nitrogens with two attached hydrogens (primary N) is 1. The Morgan fingerprint density at radius 3 is 2.14 bits per heavy atom. The maximum atomic E-state index is 13.2. The molecule has 0 aliphatic carbocycles. The topological polar surface area (TPSA) is 77.0 Å². The molecule has 0 bridgehead atoms. The molecule has 0 fully saturated rings. The molecule has 1 aliphatic rings. The minimum absolute atomic E-state index is 0.0227. The lowest BCUT2D eigenvalue weighted by molar-refractivity contribution is -0.115. The van der Waals surface area contributed by atoms with Crippen molar-refractivity contribution in [3.8, 4) is 0 Å². The Balaban J connectivity index is 1.60. The van der Waals surface area contributed by atoms with E-state index < -0.39 is 0 Å². The molecule has 0 saturated carbocycles. The molecule has 0 spiro atoms. The molecular formula is C20H21N5OS2. The zero-order valence-electron chi connectivity index (χ0n) is 15.9. The van der Waals surface area contributed by atoms with Crippen LogP contribution < -0.4 is 10.7 Å². The Kier molecular flexibility index (Phi) is 4.84. The van der Waals surface area contributed by atoms with Crippen LogP contribution in [0.15, 0.2) is 63.5 Å². The van der Waals surface area contributed by atoms with Crippen LogP contribution >= 0.6 is 23.5 Å². The van der Waals surface area contributed by atoms with Gasteiger partial charge in [0, 0.05) is 15.2 Å². The molecule has 6 nitrogen and oxygen atoms in total. The molecule has 2 N–H and O–H groups in total. The summed E-state index contributed by atoms with van der Waals surface area (Å²) in [5.74, 6) is 7.03. The smallest absolute Gasteiger partial charge is 0.242 e. The third-order valence-corrected chi connectivity index (χ3v) is 6.40. The maximum absolute atomic E-state index is 13.2. The van der Waals surface area contributed by atoms with E-state index in [1.807, 2.05) is 69.3 Å². The number of rotatable bonds is 3. The van der Waals surface area contributed by atoms with Crippen LogP contribution in [0.3, 0.4) is 0 Å². The van der Waals surface area contributed by atoms with Crippen molar-refractivity contribution in [2.75, 3.05) is 16.5 Å². The van der Waals surface area contributed by atoms with Crippen LogP contribution in [0.2, 0.25) is 0 Å². The number of hydrogen-bond acceptors (Lipinski definition) is 6. The number of nitrogen functional groups attached to an aromatic ring is 1. The van der Waals surface area contributed by atoms with Crippen LogP contribution in [-0.4, -0.2) is 26.5 Å². The fourth-order valence-electron chi connectivity index (χ4n) is 3.05. The largest absolute Gasteiger partial charge is 0.336 e. The molecule has 3 aromatic rings. The minimum atomic E-state index is -0.216. The lowest BCUT2D eigenvalue weighted by atomic mass is 9.96. The van der Waals surface area contributed by atoms with Gasteiger partial charge in [0.25, 0.3) is 0 Å². The molecule has 2 aromatic carbocycles. The molecule has 1 aliphatic heterocycles. The summed E-state index contributed by atoms with van der Waals surface area (Å²) in [5.41, 5.74) is 1.59. The highest BCUT2D eigenvalue weighted by Crippen LogP contribution is 2.48. The van der Waals surface area contributed by atoms with E-state index in [0.717, 1.165) is 21.2 Å². The number of carbonyl (C=O) groups excluding carboxylic acids is 1. The number of thioether (sulfide) groups is 1. The van der Waals surface area contributed by atoms with Crippen LogP contribution in [0.25, 0.3) is 0 Å². The van der Waals surface area contributed by atoms with Crippen LogP contribution in [-0.2, 0) is 10.2 Å². The molecular weight excluding hydrogens is 390 g/mol. The van der Waals surface area contributed by atoms with Crippen molar-refractivity contribution >= 4 is 40.8 Å². The highest BCUT2D eigenvalue weighted by Gasteiger charge is 2.29. The summed E-state index contributed by atoms with van der Waals surface area (Å²) in [4.78, 5) is 17.1. The fourth-order valence-corrected chi connectivity index (χ4v) is 4.81. The van der Waals surface area contributed by atoms with Crippen molar-refractivity contribution in [2.45, 2.75) is 41.1 Å². The first-order valence-electron chi connectivity index (χ1n) is 8.89. The Bertz CT molecular complexity index is 996. The number of anilines is 2. The highest BCUT2D eigenvalue weighted by atomic mass is 32.2. The summed E-state index contributed by atoms with van der Waals surface area (Å²) in [6.45, 7) is 6.08. The normalized spacial score (nSPS) is 13.2. The van der Waals surface area contributed by atoms with E-state index in [2.05, 4.69) is 10.2 Å². The lowest BCUT2D eigenvalue weighted by Gasteiger charge is -2.30. The summed E-state index contributed by atoms with van der Waals surface area (Å²) in [7, 11) is 0. The SMILES string of the molecule is CC(C)(C)c1nnc(SCC(=O)N2c3ccccc3Sc3ccccc32)n1N. The summed E-state index contributed by atoms with van der Waals surface area (Å²) < 4.78 is 1.48. The molecule has 8 heteroatoms. The molecule has 0 saturated heterocycles. The molecule has 4 rings (SSSR count). The number of carbonyl (C=O) groups is 1. The third-order valence-electron chi connectivity index (χ3n) is 4.34. The van der Waals surface area contributed by atoms with Crippen molar-refractivity contribution in [3.63, 3.8) is 0 Å². The van der Waals surface area contributed by atoms with Gasteiger partial charge < -0.3 is 5.84 Å². The quantitative estimate of drug-likeness (QED) is 0.514. The van der Waals surface area contributed by atoms with E-state index >= 15 is 0 Å². The zero-order valence-corrected chi connectivity index (χ0v) is 17.5. The second-order valence-electron chi connectivity index (χ2n) is 7.48. The first-order valence-corrected chi connectivity index (χ1v) is 10.7. The number of hydrogen-bond donors (Lipinski definition) is 1. The van der Waals surface area contributed by atoms with Gasteiger partial charge in [-0.15, -0.1) is 10.2 Å². The average Bonchev–Trinajstić information content (AvgIpc) is 3.05. The van der Waals surface area contributed by atoms with Gasteiger partial charge in [-0.05, 0) is 24.3 Å². The molecule has 0 radical (unpaired) electrons. The number of benzene rings is 2. The van der Waals surface area contributed by atoms with Crippen LogP contribution in [0.1, 0.15) is 26.6 Å². The number of aromatic nitrogens is 3. The first-order chi connectivity index (χ1) is 13.4. The predicted octanol–water partition coefficient (Wildman–Crippen LogP) is 4.21. The number of nitrogens with zero attached hydrogens (tertiary/aromatic N) is 4. The number of amides is 1. The molecule has 1 amide bonds. The number of fused-ring (bicyclic) bond motifs is 2. The van der Waals surface area contributed by atoms with Gasteiger partial charge in [0.1, 0.15) is 0 Å². The van der Waals surface area contributed by atoms with E-state index in [0.29, 0.717) is 11.0 Å². The van der Waals surface area contributed by atoms with E-state index in [1.54, 1.807) is 16.7 Å². The van der Waals surface area contributed by atoms with Crippen molar-refractivity contribution in [1.82, 2.24) is 14.9 Å². The van der Waals surface area contributed by atoms with E-state index in [4.69, 9.17) is 5.84 Å². The van der Waals surface area contributed by atoms with Crippen molar-refractivity contribution < 1.29 is 4.79 Å². The predicted molar refractivity (Wildman–Crippen MR) is 114 cm³/mol. The van der Waals surface area contributed by atoms with E-state index in [-0.39, 0.29) is 17.1 Å². The summed E-state index contributed by atoms with van der Waals surface area (Å²) >= 11 is 2.98. The van der Waals surface area contributed by atoms with Crippen LogP contribution in [0.4, 0.5) is 11.4 Å². The van der Waals surface area contributed by atoms with Gasteiger partial charge in [-0.2, -0.15) is 0 Å². The Labute approximate surface area is 172 Å². The standard InChI is InChI=1S/C20H21N5OS2/c1-20(2,3)18-22-23-19(25(18)21)27-12-17(26)24-13-8-4-6-10-15(13)28-16-11-7-5-9-14(16)24/h4-11H,12,21H2,1-3H3. The summed E-state index contributed by atoms with van der Waals surface area (Å²) in [6.07, 6.45) is 0. The van der Waals surface area contributed by atoms with Crippen LogP contribution in [0.5, 0.6) is 0 Å². The van der Waals surface area contributed by atoms with E-state index in [1.165, 1.54) is 16.4 Å². The monoisotopic (exact) mass is 411 g/mol. The maximum Gasteiger partial charge on any atom is 0.242 e. The van der Waals surface area contributed by atoms with Gasteiger partial charge >= 0.3 is 0 Å². The van der Waals surface area contributed by atoms with Crippen molar-refractivity contribution in [3.05, 3.63) is 54.4 Å². The second-order valence-corrected chi connectivity index (χ2v) is 9.51. The lowest BCUT2D eigenvalue weighted by Crippen LogP contribution is -2.30. The zero-order chi connectivity index (χ0) is 19.9. The molecule has 1 aromatic heterocycles. The van der Waals surface area contributed by atoms with Gasteiger partial charge in [-0.3, -0.25) is 9.69 Å². The molecule has 0 atom stereocenters.